The van der Waals surface area contributed by atoms with Crippen molar-refractivity contribution in [3.05, 3.63) is 63.9 Å². The Morgan fingerprint density at radius 2 is 1.87 bits per heavy atom. The van der Waals surface area contributed by atoms with Crippen molar-refractivity contribution in [2.45, 2.75) is 18.7 Å². The first-order chi connectivity index (χ1) is 14.3. The molecule has 7 nitrogen and oxygen atoms in total. The van der Waals surface area contributed by atoms with Gasteiger partial charge in [0, 0.05) is 23.3 Å². The van der Waals surface area contributed by atoms with Crippen molar-refractivity contribution in [3.63, 3.8) is 0 Å². The molecule has 0 aliphatic carbocycles. The van der Waals surface area contributed by atoms with Crippen molar-refractivity contribution in [2.75, 3.05) is 11.1 Å². The zero-order valence-corrected chi connectivity index (χ0v) is 18.5. The number of anilines is 1. The van der Waals surface area contributed by atoms with E-state index in [0.717, 1.165) is 0 Å². The highest BCUT2D eigenvalue weighted by atomic mass is 35.5. The molecule has 0 saturated heterocycles. The van der Waals surface area contributed by atoms with E-state index in [9.17, 15) is 9.59 Å². The Bertz CT molecular complexity index is 1070. The van der Waals surface area contributed by atoms with Gasteiger partial charge in [0.25, 0.3) is 0 Å². The van der Waals surface area contributed by atoms with Crippen LogP contribution in [0.15, 0.2) is 47.6 Å². The molecule has 0 saturated carbocycles. The molecule has 0 bridgehead atoms. The molecule has 0 spiro atoms. The highest BCUT2D eigenvalue weighted by molar-refractivity contribution is 7.99. The number of ether oxygens (including phenoxy) is 1. The van der Waals surface area contributed by atoms with Crippen molar-refractivity contribution < 1.29 is 14.3 Å². The fourth-order valence-corrected chi connectivity index (χ4v) is 3.64. The number of nitrogens with one attached hydrogen (secondary N) is 1. The van der Waals surface area contributed by atoms with E-state index in [2.05, 4.69) is 15.5 Å². The molecule has 0 fully saturated rings. The lowest BCUT2D eigenvalue weighted by atomic mass is 10.1. The van der Waals surface area contributed by atoms with E-state index < -0.39 is 0 Å². The minimum absolute atomic E-state index is 0.0242. The minimum atomic E-state index is -0.190. The summed E-state index contributed by atoms with van der Waals surface area (Å²) < 4.78 is 7.43. The third-order valence-corrected chi connectivity index (χ3v) is 5.63. The van der Waals surface area contributed by atoms with Gasteiger partial charge in [-0.25, -0.2) is 0 Å². The Balaban J connectivity index is 1.53. The monoisotopic (exact) mass is 464 g/mol. The fourth-order valence-electron chi connectivity index (χ4n) is 2.45. The van der Waals surface area contributed by atoms with Crippen molar-refractivity contribution in [1.82, 2.24) is 14.8 Å². The summed E-state index contributed by atoms with van der Waals surface area (Å²) in [5.74, 6) is 1.02. The van der Waals surface area contributed by atoms with Gasteiger partial charge in [-0.15, -0.1) is 10.2 Å². The third kappa shape index (κ3) is 5.75. The number of ketones is 1. The number of amides is 1. The fraction of sp³-hybridized carbons (Fsp3) is 0.200. The van der Waals surface area contributed by atoms with Crippen LogP contribution in [0.3, 0.4) is 0 Å². The molecule has 2 aromatic carbocycles. The molecule has 1 N–H and O–H groups in total. The minimum Gasteiger partial charge on any atom is -0.484 e. The van der Waals surface area contributed by atoms with E-state index in [1.807, 2.05) is 0 Å². The number of hydrogen-bond donors (Lipinski definition) is 1. The van der Waals surface area contributed by atoms with Crippen molar-refractivity contribution >= 4 is 52.3 Å². The quantitative estimate of drug-likeness (QED) is 0.386. The highest BCUT2D eigenvalue weighted by Crippen LogP contribution is 2.28. The first-order valence-electron chi connectivity index (χ1n) is 8.83. The lowest BCUT2D eigenvalue weighted by Gasteiger charge is -2.08. The maximum Gasteiger partial charge on any atom is 0.234 e. The van der Waals surface area contributed by atoms with Crippen LogP contribution in [0.5, 0.6) is 5.75 Å². The molecule has 3 rings (SSSR count). The Kier molecular flexibility index (Phi) is 7.36. The van der Waals surface area contributed by atoms with Crippen LogP contribution in [0, 0.1) is 0 Å². The Morgan fingerprint density at radius 3 is 2.53 bits per heavy atom. The number of hydrogen-bond acceptors (Lipinski definition) is 6. The predicted molar refractivity (Wildman–Crippen MR) is 118 cm³/mol. The van der Waals surface area contributed by atoms with Crippen molar-refractivity contribution in [3.8, 4) is 5.75 Å². The molecule has 156 valence electrons. The van der Waals surface area contributed by atoms with E-state index in [-0.39, 0.29) is 24.1 Å². The standard InChI is InChI=1S/C20H18Cl2N4O3S/c1-12(27)13-3-6-15(7-4-13)23-19(28)11-30-20-25-24-18(26(20)2)10-29-17-8-5-14(21)9-16(17)22/h3-9H,10-11H2,1-2H3,(H,23,28). The van der Waals surface area contributed by atoms with Crippen molar-refractivity contribution in [2.24, 2.45) is 7.05 Å². The van der Waals surface area contributed by atoms with Crippen LogP contribution in [0.4, 0.5) is 5.69 Å². The number of Topliss-reactive ketones (excluding diaryl/α,β-unsaturated/α-hetero) is 1. The summed E-state index contributed by atoms with van der Waals surface area (Å²) in [5, 5.41) is 12.5. The SMILES string of the molecule is CC(=O)c1ccc(NC(=O)CSc2nnc(COc3ccc(Cl)cc3Cl)n2C)cc1. The van der Waals surface area contributed by atoms with Crippen LogP contribution >= 0.6 is 35.0 Å². The maximum atomic E-state index is 12.2. The molecule has 1 heterocycles. The molecule has 3 aromatic rings. The van der Waals surface area contributed by atoms with E-state index in [4.69, 9.17) is 27.9 Å². The van der Waals surface area contributed by atoms with Gasteiger partial charge in [-0.05, 0) is 49.4 Å². The summed E-state index contributed by atoms with van der Waals surface area (Å²) in [6.07, 6.45) is 0. The number of thioether (sulfide) groups is 1. The van der Waals surface area contributed by atoms with Gasteiger partial charge in [0.15, 0.2) is 16.8 Å². The third-order valence-electron chi connectivity index (χ3n) is 4.08. The maximum absolute atomic E-state index is 12.2. The predicted octanol–water partition coefficient (Wildman–Crippen LogP) is 4.63. The molecular formula is C20H18Cl2N4O3S. The van der Waals surface area contributed by atoms with Crippen molar-refractivity contribution in [1.29, 1.82) is 0 Å². The molecule has 1 aromatic heterocycles. The second kappa shape index (κ2) is 9.97. The molecule has 30 heavy (non-hydrogen) atoms. The van der Waals surface area contributed by atoms with E-state index >= 15 is 0 Å². The largest absolute Gasteiger partial charge is 0.484 e. The number of benzene rings is 2. The molecular weight excluding hydrogens is 447 g/mol. The van der Waals surface area contributed by atoms with Crippen LogP contribution in [-0.2, 0) is 18.4 Å². The molecule has 0 aliphatic rings. The summed E-state index contributed by atoms with van der Waals surface area (Å²) in [7, 11) is 1.79. The summed E-state index contributed by atoms with van der Waals surface area (Å²) in [6.45, 7) is 1.66. The lowest BCUT2D eigenvalue weighted by Crippen LogP contribution is -2.14. The van der Waals surface area contributed by atoms with Crippen LogP contribution in [-0.4, -0.2) is 32.2 Å². The van der Waals surface area contributed by atoms with Gasteiger partial charge < -0.3 is 14.6 Å². The normalized spacial score (nSPS) is 10.7. The number of rotatable bonds is 8. The van der Waals surface area contributed by atoms with Crippen LogP contribution in [0.1, 0.15) is 23.1 Å². The van der Waals surface area contributed by atoms with Gasteiger partial charge in [-0.2, -0.15) is 0 Å². The molecule has 0 unspecified atom stereocenters. The van der Waals surface area contributed by atoms with E-state index in [0.29, 0.717) is 38.0 Å². The average molecular weight is 465 g/mol. The first kappa shape index (κ1) is 22.1. The topological polar surface area (TPSA) is 86.1 Å². The Hall–Kier alpha value is -2.55. The summed E-state index contributed by atoms with van der Waals surface area (Å²) in [6, 6.07) is 11.7. The van der Waals surface area contributed by atoms with Gasteiger partial charge in [-0.1, -0.05) is 35.0 Å². The number of carbonyl (C=O) groups excluding carboxylic acids is 2. The number of carbonyl (C=O) groups is 2. The first-order valence-corrected chi connectivity index (χ1v) is 10.6. The highest BCUT2D eigenvalue weighted by Gasteiger charge is 2.13. The van der Waals surface area contributed by atoms with Crippen LogP contribution in [0.2, 0.25) is 10.0 Å². The number of aromatic nitrogens is 3. The second-order valence-corrected chi connectivity index (χ2v) is 8.08. The molecule has 0 aliphatic heterocycles. The van der Waals surface area contributed by atoms with E-state index in [1.54, 1.807) is 54.1 Å². The molecule has 0 radical (unpaired) electrons. The smallest absolute Gasteiger partial charge is 0.234 e. The average Bonchev–Trinajstić information content (AvgIpc) is 3.06. The Morgan fingerprint density at radius 1 is 1.13 bits per heavy atom. The van der Waals surface area contributed by atoms with Crippen LogP contribution in [0.25, 0.3) is 0 Å². The zero-order valence-electron chi connectivity index (χ0n) is 16.2. The second-order valence-electron chi connectivity index (χ2n) is 6.29. The van der Waals surface area contributed by atoms with E-state index in [1.165, 1.54) is 18.7 Å². The summed E-state index contributed by atoms with van der Waals surface area (Å²) in [4.78, 5) is 23.5. The summed E-state index contributed by atoms with van der Waals surface area (Å²) >= 11 is 13.2. The van der Waals surface area contributed by atoms with Crippen LogP contribution < -0.4 is 10.1 Å². The van der Waals surface area contributed by atoms with Gasteiger partial charge in [-0.3, -0.25) is 9.59 Å². The van der Waals surface area contributed by atoms with Gasteiger partial charge in [0.1, 0.15) is 12.4 Å². The Labute approximate surface area is 187 Å². The van der Waals surface area contributed by atoms with Gasteiger partial charge in [0.05, 0.1) is 10.8 Å². The van der Waals surface area contributed by atoms with Gasteiger partial charge in [0.2, 0.25) is 5.91 Å². The molecule has 1 amide bonds. The molecule has 0 atom stereocenters. The number of nitrogens with zero attached hydrogens (tertiary/aromatic N) is 3. The summed E-state index contributed by atoms with van der Waals surface area (Å²) in [5.41, 5.74) is 1.22. The number of halogens is 2. The zero-order chi connectivity index (χ0) is 21.7. The molecule has 10 heteroatoms. The van der Waals surface area contributed by atoms with Gasteiger partial charge >= 0.3 is 0 Å². The lowest BCUT2D eigenvalue weighted by molar-refractivity contribution is -0.113.